The number of phenolic OH excluding ortho intramolecular Hbond substituents is 1. The summed E-state index contributed by atoms with van der Waals surface area (Å²) >= 11 is 0. The fourth-order valence-electron chi connectivity index (χ4n) is 3.45. The van der Waals surface area contributed by atoms with Crippen LogP contribution >= 0.6 is 0 Å². The van der Waals surface area contributed by atoms with Crippen LogP contribution in [0.25, 0.3) is 11.6 Å². The van der Waals surface area contributed by atoms with Gasteiger partial charge in [-0.15, -0.1) is 20.4 Å². The van der Waals surface area contributed by atoms with Crippen LogP contribution in [0.3, 0.4) is 0 Å². The smallest absolute Gasteiger partial charge is 0.286 e. The van der Waals surface area contributed by atoms with Crippen LogP contribution in [-0.4, -0.2) is 60.5 Å². The Morgan fingerprint density at radius 1 is 0.879 bits per heavy atom. The molecule has 0 bridgehead atoms. The number of aromatic nitrogens is 10. The van der Waals surface area contributed by atoms with Crippen LogP contribution in [0, 0.1) is 0 Å². The van der Waals surface area contributed by atoms with Gasteiger partial charge in [0.15, 0.2) is 5.78 Å². The first kappa shape index (κ1) is 19.8. The molecule has 0 aliphatic rings. The van der Waals surface area contributed by atoms with Crippen LogP contribution in [0.2, 0.25) is 0 Å². The van der Waals surface area contributed by atoms with E-state index in [1.54, 1.807) is 0 Å². The van der Waals surface area contributed by atoms with Crippen molar-refractivity contribution in [1.82, 2.24) is 49.6 Å². The highest BCUT2D eigenvalue weighted by Crippen LogP contribution is 2.31. The number of Topliss-reactive ketones (excluding diaryl/α,β-unsaturated/α-hetero) is 1. The molecule has 0 amide bonds. The summed E-state index contributed by atoms with van der Waals surface area (Å²) < 4.78 is 2.05. The van der Waals surface area contributed by atoms with Crippen LogP contribution in [0.4, 0.5) is 11.9 Å². The summed E-state index contributed by atoms with van der Waals surface area (Å²) in [6.07, 6.45) is 0. The van der Waals surface area contributed by atoms with Gasteiger partial charge in [-0.25, -0.2) is 9.97 Å². The van der Waals surface area contributed by atoms with E-state index in [-0.39, 0.29) is 34.8 Å². The number of hydrogen-bond acceptors (Lipinski definition) is 12. The molecule has 16 heteroatoms. The van der Waals surface area contributed by atoms with Crippen molar-refractivity contribution >= 4 is 29.2 Å². The number of anilines is 2. The number of aromatic amines is 2. The molecule has 33 heavy (non-hydrogen) atoms. The number of H-pyrrole nitrogens is 2. The molecule has 0 saturated carbocycles. The molecule has 4 heterocycles. The average molecular weight is 450 g/mol. The van der Waals surface area contributed by atoms with E-state index in [1.807, 2.05) is 0 Å². The summed E-state index contributed by atoms with van der Waals surface area (Å²) in [5.74, 6) is -1.30. The minimum Gasteiger partial charge on any atom is -0.508 e. The van der Waals surface area contributed by atoms with E-state index in [4.69, 9.17) is 11.5 Å². The number of carbonyl (C=O) groups is 1. The first-order valence-electron chi connectivity index (χ1n) is 9.27. The number of benzene rings is 1. The molecule has 1 aromatic carbocycles. The van der Waals surface area contributed by atoms with Gasteiger partial charge in [-0.2, -0.15) is 9.03 Å². The molecule has 4 aromatic heterocycles. The lowest BCUT2D eigenvalue weighted by Crippen LogP contribution is -2.45. The largest absolute Gasteiger partial charge is 0.508 e. The van der Waals surface area contributed by atoms with Gasteiger partial charge in [-0.1, -0.05) is 0 Å². The molecular formula is C17H14N12O4. The van der Waals surface area contributed by atoms with Crippen molar-refractivity contribution in [2.75, 3.05) is 11.5 Å². The van der Waals surface area contributed by atoms with E-state index in [9.17, 15) is 19.5 Å². The Balaban J connectivity index is 1.85. The second-order valence-corrected chi connectivity index (χ2v) is 7.19. The van der Waals surface area contributed by atoms with E-state index < -0.39 is 33.7 Å². The summed E-state index contributed by atoms with van der Waals surface area (Å²) in [6, 6.07) is 5.24. The maximum Gasteiger partial charge on any atom is 0.286 e. The van der Waals surface area contributed by atoms with Gasteiger partial charge in [-0.05, 0) is 31.2 Å². The monoisotopic (exact) mass is 450 g/mol. The second kappa shape index (κ2) is 6.67. The SMILES string of the molecule is CC(C(=O)c1ccc(O)cc1)(c1nc2nnc(N)n2[nH]c1=O)c1nc2nnc(N)n2[nH]c1=O. The van der Waals surface area contributed by atoms with Crippen LogP contribution in [-0.2, 0) is 5.41 Å². The zero-order valence-corrected chi connectivity index (χ0v) is 16.7. The molecule has 0 spiro atoms. The number of nitrogens with zero attached hydrogens (tertiary/aromatic N) is 8. The molecule has 166 valence electrons. The molecule has 0 radical (unpaired) electrons. The first-order chi connectivity index (χ1) is 15.7. The number of ketones is 1. The maximum absolute atomic E-state index is 13.8. The first-order valence-corrected chi connectivity index (χ1v) is 9.27. The Hall–Kier alpha value is -5.15. The summed E-state index contributed by atoms with van der Waals surface area (Å²) in [7, 11) is 0. The van der Waals surface area contributed by atoms with E-state index in [2.05, 4.69) is 40.6 Å². The molecular weight excluding hydrogens is 436 g/mol. The summed E-state index contributed by atoms with van der Waals surface area (Å²) in [4.78, 5) is 48.2. The second-order valence-electron chi connectivity index (χ2n) is 7.19. The fourth-order valence-corrected chi connectivity index (χ4v) is 3.45. The van der Waals surface area contributed by atoms with Gasteiger partial charge in [-0.3, -0.25) is 24.6 Å². The zero-order chi connectivity index (χ0) is 23.5. The molecule has 5 rings (SSSR count). The Kier molecular flexibility index (Phi) is 4.00. The van der Waals surface area contributed by atoms with Crippen molar-refractivity contribution in [1.29, 1.82) is 0 Å². The van der Waals surface area contributed by atoms with Crippen molar-refractivity contribution in [3.8, 4) is 5.75 Å². The predicted octanol–water partition coefficient (Wildman–Crippen LogP) is -2.00. The molecule has 0 saturated heterocycles. The third kappa shape index (κ3) is 2.81. The van der Waals surface area contributed by atoms with Crippen LogP contribution in [0.5, 0.6) is 5.75 Å². The fraction of sp³-hybridized carbons (Fsp3) is 0.118. The predicted molar refractivity (Wildman–Crippen MR) is 111 cm³/mol. The summed E-state index contributed by atoms with van der Waals surface area (Å²) in [6.45, 7) is 1.31. The quantitative estimate of drug-likeness (QED) is 0.187. The van der Waals surface area contributed by atoms with Gasteiger partial charge in [0.2, 0.25) is 11.9 Å². The number of nitrogens with two attached hydrogens (primary N) is 2. The van der Waals surface area contributed by atoms with Gasteiger partial charge in [0.05, 0.1) is 0 Å². The van der Waals surface area contributed by atoms with E-state index in [0.29, 0.717) is 0 Å². The highest BCUT2D eigenvalue weighted by molar-refractivity contribution is 6.05. The number of carbonyl (C=O) groups excluding carboxylic acids is 1. The molecule has 0 unspecified atom stereocenters. The highest BCUT2D eigenvalue weighted by Gasteiger charge is 2.45. The lowest BCUT2D eigenvalue weighted by atomic mass is 9.76. The van der Waals surface area contributed by atoms with Crippen molar-refractivity contribution in [3.63, 3.8) is 0 Å². The number of fused-ring (bicyclic) bond motifs is 2. The van der Waals surface area contributed by atoms with E-state index in [1.165, 1.54) is 31.2 Å². The van der Waals surface area contributed by atoms with Gasteiger partial charge in [0, 0.05) is 5.56 Å². The molecule has 16 nitrogen and oxygen atoms in total. The molecule has 0 fully saturated rings. The van der Waals surface area contributed by atoms with Gasteiger partial charge in [0.25, 0.3) is 22.7 Å². The normalized spacial score (nSPS) is 11.9. The lowest BCUT2D eigenvalue weighted by Gasteiger charge is -2.25. The number of nitrogens with one attached hydrogen (secondary N) is 2. The Labute approximate surface area is 180 Å². The number of nitrogen functional groups attached to an aromatic ring is 2. The number of aromatic hydroxyl groups is 1. The molecule has 5 aromatic rings. The third-order valence-corrected chi connectivity index (χ3v) is 5.15. The van der Waals surface area contributed by atoms with Crippen molar-refractivity contribution in [3.05, 3.63) is 61.9 Å². The molecule has 0 aliphatic carbocycles. The van der Waals surface area contributed by atoms with E-state index in [0.717, 1.165) is 9.03 Å². The van der Waals surface area contributed by atoms with Crippen molar-refractivity contribution < 1.29 is 9.90 Å². The van der Waals surface area contributed by atoms with Gasteiger partial charge >= 0.3 is 0 Å². The molecule has 7 N–H and O–H groups in total. The number of hydrogen-bond donors (Lipinski definition) is 5. The van der Waals surface area contributed by atoms with Gasteiger partial charge < -0.3 is 16.6 Å². The minimum absolute atomic E-state index is 0.0689. The minimum atomic E-state index is -2.04. The van der Waals surface area contributed by atoms with Crippen molar-refractivity contribution in [2.24, 2.45) is 0 Å². The van der Waals surface area contributed by atoms with Crippen LogP contribution in [0.1, 0.15) is 28.7 Å². The summed E-state index contributed by atoms with van der Waals surface area (Å²) in [5.41, 5.74) is 6.88. The van der Waals surface area contributed by atoms with Crippen LogP contribution in [0.15, 0.2) is 33.9 Å². The molecule has 0 atom stereocenters. The summed E-state index contributed by atoms with van der Waals surface area (Å²) in [5, 5.41) is 29.2. The standard InChI is InChI=1S/C17H14N12O4/c1-17(10(31)6-2-4-7(30)5-3-6,8-11(32)26-28-13(18)22-24-15(28)20-8)9-12(33)27-29-14(19)23-25-16(29)21-9/h2-5,30H,1H3,(H2,18,22)(H2,19,23)(H,26,32)(H,27,33). The third-order valence-electron chi connectivity index (χ3n) is 5.15. The zero-order valence-electron chi connectivity index (χ0n) is 16.7. The average Bonchev–Trinajstić information content (AvgIpc) is 3.34. The van der Waals surface area contributed by atoms with Gasteiger partial charge in [0.1, 0.15) is 22.6 Å². The Morgan fingerprint density at radius 3 is 1.79 bits per heavy atom. The van der Waals surface area contributed by atoms with Crippen molar-refractivity contribution in [2.45, 2.75) is 12.3 Å². The molecule has 0 aliphatic heterocycles. The Morgan fingerprint density at radius 2 is 1.33 bits per heavy atom. The topological polar surface area (TPSA) is 241 Å². The maximum atomic E-state index is 13.8. The number of phenols is 1. The van der Waals surface area contributed by atoms with E-state index >= 15 is 0 Å². The van der Waals surface area contributed by atoms with Crippen LogP contribution < -0.4 is 22.6 Å². The highest BCUT2D eigenvalue weighted by atomic mass is 16.3. The Bertz CT molecular complexity index is 1580. The lowest BCUT2D eigenvalue weighted by molar-refractivity contribution is 0.0915. The number of rotatable bonds is 4.